The number of carbonyl (C=O) groups is 1. The van der Waals surface area contributed by atoms with Gasteiger partial charge in [0.25, 0.3) is 0 Å². The number of benzene rings is 3. The molecule has 0 spiro atoms. The van der Waals surface area contributed by atoms with Gasteiger partial charge in [-0.2, -0.15) is 5.10 Å². The summed E-state index contributed by atoms with van der Waals surface area (Å²) in [6, 6.07) is 21.4. The minimum atomic E-state index is -0.420. The average molecular weight is 488 g/mol. The number of rotatable bonds is 10. The van der Waals surface area contributed by atoms with E-state index in [1.54, 1.807) is 6.92 Å². The van der Waals surface area contributed by atoms with Crippen LogP contribution in [0.25, 0.3) is 22.0 Å². The third kappa shape index (κ3) is 5.58. The summed E-state index contributed by atoms with van der Waals surface area (Å²) in [7, 11) is 0. The maximum atomic E-state index is 12.0. The lowest BCUT2D eigenvalue weighted by atomic mass is 9.98. The van der Waals surface area contributed by atoms with E-state index in [-0.39, 0.29) is 31.6 Å². The number of aliphatic hydroxyl groups is 1. The summed E-state index contributed by atoms with van der Waals surface area (Å²) < 4.78 is 13.3. The van der Waals surface area contributed by atoms with Crippen molar-refractivity contribution < 1.29 is 19.4 Å². The van der Waals surface area contributed by atoms with Gasteiger partial charge in [0.1, 0.15) is 18.1 Å². The van der Waals surface area contributed by atoms with E-state index >= 15 is 0 Å². The highest BCUT2D eigenvalue weighted by Crippen LogP contribution is 2.30. The van der Waals surface area contributed by atoms with Crippen molar-refractivity contribution in [3.63, 3.8) is 0 Å². The van der Waals surface area contributed by atoms with Crippen LogP contribution in [0.3, 0.4) is 0 Å². The van der Waals surface area contributed by atoms with Crippen LogP contribution in [0.15, 0.2) is 66.7 Å². The molecule has 0 aliphatic heterocycles. The minimum Gasteiger partial charge on any atom is -0.487 e. The van der Waals surface area contributed by atoms with Crippen LogP contribution in [0.5, 0.6) is 5.75 Å². The molecule has 0 bridgehead atoms. The largest absolute Gasteiger partial charge is 0.487 e. The van der Waals surface area contributed by atoms with Crippen molar-refractivity contribution in [1.82, 2.24) is 9.78 Å². The van der Waals surface area contributed by atoms with Crippen LogP contribution >= 0.6 is 0 Å². The number of nitrogens with two attached hydrogens (primary N) is 1. The normalized spacial score (nSPS) is 12.2. The molecule has 0 fully saturated rings. The Balaban J connectivity index is 1.67. The Labute approximate surface area is 211 Å². The maximum absolute atomic E-state index is 12.0. The molecule has 0 aliphatic carbocycles. The fourth-order valence-corrected chi connectivity index (χ4v) is 4.24. The van der Waals surface area contributed by atoms with Gasteiger partial charge in [0.15, 0.2) is 0 Å². The van der Waals surface area contributed by atoms with Crippen molar-refractivity contribution in [1.29, 1.82) is 0 Å². The Bertz CT molecular complexity index is 1350. The van der Waals surface area contributed by atoms with Crippen molar-refractivity contribution in [2.24, 2.45) is 5.73 Å². The average Bonchev–Trinajstić information content (AvgIpc) is 3.26. The van der Waals surface area contributed by atoms with Crippen molar-refractivity contribution >= 4 is 16.9 Å². The number of para-hydroxylation sites is 1. The number of ether oxygens (including phenoxy) is 2. The molecule has 4 rings (SSSR count). The van der Waals surface area contributed by atoms with Gasteiger partial charge >= 0.3 is 5.97 Å². The monoisotopic (exact) mass is 487 g/mol. The lowest BCUT2D eigenvalue weighted by Crippen LogP contribution is -2.14. The molecule has 3 N–H and O–H groups in total. The Hall–Kier alpha value is -3.68. The summed E-state index contributed by atoms with van der Waals surface area (Å²) in [6.07, 6.45) is 0.154. The van der Waals surface area contributed by atoms with Gasteiger partial charge < -0.3 is 20.3 Å². The number of aromatic nitrogens is 2. The topological polar surface area (TPSA) is 99.6 Å². The summed E-state index contributed by atoms with van der Waals surface area (Å²) in [5.74, 6) is 0.357. The molecular weight excluding hydrogens is 454 g/mol. The van der Waals surface area contributed by atoms with Gasteiger partial charge in [-0.3, -0.25) is 9.48 Å². The second-order valence-corrected chi connectivity index (χ2v) is 9.01. The molecule has 0 saturated heterocycles. The van der Waals surface area contributed by atoms with Crippen LogP contribution in [0, 0.1) is 0 Å². The van der Waals surface area contributed by atoms with Crippen molar-refractivity contribution in [3.8, 4) is 16.9 Å². The minimum absolute atomic E-state index is 0.108. The van der Waals surface area contributed by atoms with Crippen LogP contribution in [0.4, 0.5) is 0 Å². The molecule has 1 heterocycles. The smallest absolute Gasteiger partial charge is 0.310 e. The second kappa shape index (κ2) is 11.4. The highest BCUT2D eigenvalue weighted by Gasteiger charge is 2.16. The Kier molecular flexibility index (Phi) is 8.03. The van der Waals surface area contributed by atoms with Crippen molar-refractivity contribution in [3.05, 3.63) is 83.6 Å². The molecule has 7 heteroatoms. The number of hydrogen-bond acceptors (Lipinski definition) is 6. The van der Waals surface area contributed by atoms with E-state index in [4.69, 9.17) is 20.3 Å². The quantitative estimate of drug-likeness (QED) is 0.307. The first-order valence-electron chi connectivity index (χ1n) is 12.3. The molecule has 36 heavy (non-hydrogen) atoms. The Morgan fingerprint density at radius 2 is 1.83 bits per heavy atom. The number of nitrogens with zero attached hydrogens (tertiary/aromatic N) is 2. The predicted octanol–water partition coefficient (Wildman–Crippen LogP) is 4.96. The molecule has 0 amide bonds. The standard InChI is InChI=1S/C29H33N3O4/c1-4-35-29(34)16-23-8-5-6-11-28(23)36-18-26-24-15-21(12-13-27(24)32(31-26)19(2)3)20-9-7-10-22(14-20)25(30)17-33/h5-15,19,25,33H,4,16-18,30H2,1-3H3/t25-/m1/s1. The summed E-state index contributed by atoms with van der Waals surface area (Å²) in [6.45, 7) is 6.48. The number of esters is 1. The zero-order valence-corrected chi connectivity index (χ0v) is 21.0. The molecule has 0 aliphatic rings. The van der Waals surface area contributed by atoms with E-state index in [0.717, 1.165) is 38.9 Å². The lowest BCUT2D eigenvalue weighted by molar-refractivity contribution is -0.142. The van der Waals surface area contributed by atoms with Crippen molar-refractivity contribution in [2.45, 2.75) is 45.9 Å². The number of fused-ring (bicyclic) bond motifs is 1. The SMILES string of the molecule is CCOC(=O)Cc1ccccc1OCc1nn(C(C)C)c2ccc(-c3cccc([C@H](N)CO)c3)cc12. The van der Waals surface area contributed by atoms with Gasteiger partial charge in [-0.15, -0.1) is 0 Å². The maximum Gasteiger partial charge on any atom is 0.310 e. The van der Waals surface area contributed by atoms with Crippen molar-refractivity contribution in [2.75, 3.05) is 13.2 Å². The van der Waals surface area contributed by atoms with Gasteiger partial charge in [-0.05, 0) is 61.7 Å². The van der Waals surface area contributed by atoms with E-state index in [2.05, 4.69) is 32.0 Å². The van der Waals surface area contributed by atoms with E-state index in [0.29, 0.717) is 12.4 Å². The zero-order chi connectivity index (χ0) is 25.7. The van der Waals surface area contributed by atoms with Gasteiger partial charge in [-0.1, -0.05) is 42.5 Å². The first-order valence-corrected chi connectivity index (χ1v) is 12.3. The third-order valence-electron chi connectivity index (χ3n) is 6.09. The van der Waals surface area contributed by atoms with Gasteiger partial charge in [-0.25, -0.2) is 0 Å². The number of hydrogen-bond donors (Lipinski definition) is 2. The summed E-state index contributed by atoms with van der Waals surface area (Å²) in [4.78, 5) is 12.0. The third-order valence-corrected chi connectivity index (χ3v) is 6.09. The molecule has 0 radical (unpaired) electrons. The molecule has 0 saturated carbocycles. The zero-order valence-electron chi connectivity index (χ0n) is 21.0. The summed E-state index contributed by atoms with van der Waals surface area (Å²) >= 11 is 0. The summed E-state index contributed by atoms with van der Waals surface area (Å²) in [5.41, 5.74) is 11.6. The fourth-order valence-electron chi connectivity index (χ4n) is 4.24. The van der Waals surface area contributed by atoms with Gasteiger partial charge in [0.05, 0.1) is 31.2 Å². The van der Waals surface area contributed by atoms with Crippen LogP contribution in [-0.2, 0) is 22.6 Å². The molecule has 4 aromatic rings. The highest BCUT2D eigenvalue weighted by atomic mass is 16.5. The predicted molar refractivity (Wildman–Crippen MR) is 141 cm³/mol. The molecular formula is C29H33N3O4. The van der Waals surface area contributed by atoms with E-state index in [1.807, 2.05) is 53.2 Å². The van der Waals surface area contributed by atoms with E-state index in [1.165, 1.54) is 0 Å². The number of carbonyl (C=O) groups excluding carboxylic acids is 1. The first-order chi connectivity index (χ1) is 17.4. The van der Waals surface area contributed by atoms with E-state index in [9.17, 15) is 9.90 Å². The lowest BCUT2D eigenvalue weighted by Gasteiger charge is -2.11. The molecule has 1 aromatic heterocycles. The van der Waals surface area contributed by atoms with E-state index < -0.39 is 6.04 Å². The van der Waals surface area contributed by atoms with Crippen LogP contribution < -0.4 is 10.5 Å². The highest BCUT2D eigenvalue weighted by molar-refractivity contribution is 5.87. The fraction of sp³-hybridized carbons (Fsp3) is 0.310. The number of aliphatic hydroxyl groups excluding tert-OH is 1. The molecule has 0 unspecified atom stereocenters. The van der Waals surface area contributed by atoms with Gasteiger partial charge in [0.2, 0.25) is 0 Å². The molecule has 7 nitrogen and oxygen atoms in total. The van der Waals surface area contributed by atoms with Crippen LogP contribution in [-0.4, -0.2) is 34.1 Å². The molecule has 1 atom stereocenters. The molecule has 3 aromatic carbocycles. The Morgan fingerprint density at radius 1 is 1.06 bits per heavy atom. The van der Waals surface area contributed by atoms with Crippen LogP contribution in [0.1, 0.15) is 49.7 Å². The Morgan fingerprint density at radius 3 is 2.58 bits per heavy atom. The second-order valence-electron chi connectivity index (χ2n) is 9.01. The molecule has 188 valence electrons. The van der Waals surface area contributed by atoms with Crippen LogP contribution in [0.2, 0.25) is 0 Å². The van der Waals surface area contributed by atoms with Gasteiger partial charge in [0, 0.05) is 17.0 Å². The first kappa shape index (κ1) is 25.4. The summed E-state index contributed by atoms with van der Waals surface area (Å²) in [5, 5.41) is 15.3.